The zero-order valence-corrected chi connectivity index (χ0v) is 16.7. The SMILES string of the molecule is COc1ccc(C(CCN(C)C(=O)NC2CCOCC2)C2CC2)cc1OC. The summed E-state index contributed by atoms with van der Waals surface area (Å²) >= 11 is 0. The first kappa shape index (κ1) is 19.8. The molecule has 27 heavy (non-hydrogen) atoms. The second kappa shape index (κ2) is 9.31. The summed E-state index contributed by atoms with van der Waals surface area (Å²) in [4.78, 5) is 14.3. The average molecular weight is 376 g/mol. The number of amides is 2. The number of benzene rings is 1. The van der Waals surface area contributed by atoms with Gasteiger partial charge in [-0.1, -0.05) is 6.07 Å². The van der Waals surface area contributed by atoms with Gasteiger partial charge >= 0.3 is 6.03 Å². The third-order valence-corrected chi connectivity index (χ3v) is 5.70. The maximum atomic E-state index is 12.5. The van der Waals surface area contributed by atoms with Gasteiger partial charge < -0.3 is 24.4 Å². The Kier molecular flexibility index (Phi) is 6.83. The molecule has 1 atom stereocenters. The van der Waals surface area contributed by atoms with Crippen LogP contribution in [0.15, 0.2) is 18.2 Å². The van der Waals surface area contributed by atoms with Crippen molar-refractivity contribution in [1.29, 1.82) is 0 Å². The first-order valence-corrected chi connectivity index (χ1v) is 9.93. The lowest BCUT2D eigenvalue weighted by atomic mass is 9.90. The van der Waals surface area contributed by atoms with Gasteiger partial charge in [0.25, 0.3) is 0 Å². The molecule has 0 spiro atoms. The van der Waals surface area contributed by atoms with E-state index in [0.29, 0.717) is 11.8 Å². The fourth-order valence-electron chi connectivity index (χ4n) is 3.82. The topological polar surface area (TPSA) is 60.0 Å². The fourth-order valence-corrected chi connectivity index (χ4v) is 3.82. The van der Waals surface area contributed by atoms with Gasteiger partial charge in [-0.05, 0) is 61.6 Å². The predicted octanol–water partition coefficient (Wildman–Crippen LogP) is 3.41. The number of nitrogens with one attached hydrogen (secondary N) is 1. The van der Waals surface area contributed by atoms with E-state index < -0.39 is 0 Å². The molecule has 2 amide bonds. The Morgan fingerprint density at radius 3 is 2.52 bits per heavy atom. The number of carbonyl (C=O) groups is 1. The number of urea groups is 1. The highest BCUT2D eigenvalue weighted by Crippen LogP contribution is 2.46. The molecule has 1 aromatic rings. The van der Waals surface area contributed by atoms with E-state index >= 15 is 0 Å². The molecule has 0 radical (unpaired) electrons. The van der Waals surface area contributed by atoms with Gasteiger partial charge in [-0.15, -0.1) is 0 Å². The van der Waals surface area contributed by atoms with E-state index in [1.807, 2.05) is 18.0 Å². The van der Waals surface area contributed by atoms with Crippen molar-refractivity contribution in [3.63, 3.8) is 0 Å². The lowest BCUT2D eigenvalue weighted by Crippen LogP contribution is -2.45. The van der Waals surface area contributed by atoms with Crippen molar-refractivity contribution in [2.75, 3.05) is 41.0 Å². The molecule has 6 nitrogen and oxygen atoms in total. The van der Waals surface area contributed by atoms with Gasteiger partial charge in [-0.3, -0.25) is 0 Å². The maximum Gasteiger partial charge on any atom is 0.317 e. The molecule has 150 valence electrons. The van der Waals surface area contributed by atoms with Gasteiger partial charge in [-0.25, -0.2) is 4.79 Å². The van der Waals surface area contributed by atoms with Gasteiger partial charge in [-0.2, -0.15) is 0 Å². The molecule has 1 saturated carbocycles. The van der Waals surface area contributed by atoms with Gasteiger partial charge in [0.05, 0.1) is 14.2 Å². The summed E-state index contributed by atoms with van der Waals surface area (Å²) in [5, 5.41) is 3.13. The van der Waals surface area contributed by atoms with E-state index in [4.69, 9.17) is 14.2 Å². The summed E-state index contributed by atoms with van der Waals surface area (Å²) in [5.74, 6) is 2.67. The van der Waals surface area contributed by atoms with Crippen LogP contribution in [0.2, 0.25) is 0 Å². The Labute approximate surface area is 162 Å². The largest absolute Gasteiger partial charge is 0.493 e. The molecular weight excluding hydrogens is 344 g/mol. The molecule has 1 aliphatic carbocycles. The predicted molar refractivity (Wildman–Crippen MR) is 105 cm³/mol. The van der Waals surface area contributed by atoms with E-state index in [1.165, 1.54) is 18.4 Å². The van der Waals surface area contributed by atoms with Crippen LogP contribution >= 0.6 is 0 Å². The lowest BCUT2D eigenvalue weighted by molar-refractivity contribution is 0.0785. The van der Waals surface area contributed by atoms with Crippen LogP contribution in [0.1, 0.15) is 43.6 Å². The Hall–Kier alpha value is -1.95. The van der Waals surface area contributed by atoms with Crippen molar-refractivity contribution in [1.82, 2.24) is 10.2 Å². The van der Waals surface area contributed by atoms with Crippen molar-refractivity contribution in [3.05, 3.63) is 23.8 Å². The molecule has 1 unspecified atom stereocenters. The zero-order chi connectivity index (χ0) is 19.2. The molecule has 1 heterocycles. The Morgan fingerprint density at radius 1 is 1.19 bits per heavy atom. The average Bonchev–Trinajstić information content (AvgIpc) is 3.53. The molecule has 1 N–H and O–H groups in total. The van der Waals surface area contributed by atoms with Crippen molar-refractivity contribution in [3.8, 4) is 11.5 Å². The maximum absolute atomic E-state index is 12.5. The number of hydrogen-bond acceptors (Lipinski definition) is 4. The van der Waals surface area contributed by atoms with Crippen LogP contribution < -0.4 is 14.8 Å². The van der Waals surface area contributed by atoms with Gasteiger partial charge in [0.15, 0.2) is 11.5 Å². The summed E-state index contributed by atoms with van der Waals surface area (Å²) < 4.78 is 16.2. The zero-order valence-electron chi connectivity index (χ0n) is 16.7. The smallest absolute Gasteiger partial charge is 0.317 e. The highest BCUT2D eigenvalue weighted by molar-refractivity contribution is 5.74. The third kappa shape index (κ3) is 5.28. The van der Waals surface area contributed by atoms with Crippen LogP contribution in [0.4, 0.5) is 4.79 Å². The Bertz CT molecular complexity index is 627. The molecule has 0 aromatic heterocycles. The van der Waals surface area contributed by atoms with Crippen LogP contribution in [0, 0.1) is 5.92 Å². The molecule has 3 rings (SSSR count). The van der Waals surface area contributed by atoms with Crippen molar-refractivity contribution < 1.29 is 19.0 Å². The number of methoxy groups -OCH3 is 2. The van der Waals surface area contributed by atoms with Gasteiger partial charge in [0.2, 0.25) is 0 Å². The summed E-state index contributed by atoms with van der Waals surface area (Å²) in [6.07, 6.45) is 5.28. The first-order chi connectivity index (χ1) is 13.1. The Morgan fingerprint density at radius 2 is 1.89 bits per heavy atom. The minimum Gasteiger partial charge on any atom is -0.493 e. The second-order valence-electron chi connectivity index (χ2n) is 7.60. The molecule has 0 bridgehead atoms. The van der Waals surface area contributed by atoms with Crippen LogP contribution in [-0.2, 0) is 4.74 Å². The van der Waals surface area contributed by atoms with E-state index in [0.717, 1.165) is 50.5 Å². The quantitative estimate of drug-likeness (QED) is 0.755. The standard InChI is InChI=1S/C21H32N2O4/c1-23(21(24)22-17-9-12-27-13-10-17)11-8-18(15-4-5-15)16-6-7-19(25-2)20(14-16)26-3/h6-7,14-15,17-18H,4-5,8-13H2,1-3H3,(H,22,24). The first-order valence-electron chi connectivity index (χ1n) is 9.93. The summed E-state index contributed by atoms with van der Waals surface area (Å²) in [6.45, 7) is 2.21. The Balaban J connectivity index is 1.57. The van der Waals surface area contributed by atoms with E-state index in [2.05, 4.69) is 17.4 Å². The van der Waals surface area contributed by atoms with Crippen molar-refractivity contribution >= 4 is 6.03 Å². The minimum atomic E-state index is 0.0174. The minimum absolute atomic E-state index is 0.0174. The van der Waals surface area contributed by atoms with Crippen molar-refractivity contribution in [2.45, 2.75) is 44.1 Å². The number of carbonyl (C=O) groups excluding carboxylic acids is 1. The second-order valence-corrected chi connectivity index (χ2v) is 7.60. The molecular formula is C21H32N2O4. The van der Waals surface area contributed by atoms with Gasteiger partial charge in [0, 0.05) is 32.8 Å². The molecule has 1 saturated heterocycles. The fraction of sp³-hybridized carbons (Fsp3) is 0.667. The van der Waals surface area contributed by atoms with E-state index in [9.17, 15) is 4.79 Å². The van der Waals surface area contributed by atoms with Crippen molar-refractivity contribution in [2.24, 2.45) is 5.92 Å². The summed E-state index contributed by atoms with van der Waals surface area (Å²) in [6, 6.07) is 6.45. The van der Waals surface area contributed by atoms with Crippen LogP contribution in [0.5, 0.6) is 11.5 Å². The number of rotatable bonds is 8. The number of ether oxygens (including phenoxy) is 3. The molecule has 6 heteroatoms. The van der Waals surface area contributed by atoms with Gasteiger partial charge in [0.1, 0.15) is 0 Å². The number of hydrogen-bond donors (Lipinski definition) is 1. The van der Waals surface area contributed by atoms with Crippen LogP contribution in [0.25, 0.3) is 0 Å². The normalized spacial score (nSPS) is 18.6. The molecule has 1 aromatic carbocycles. The molecule has 2 fully saturated rings. The number of nitrogens with zero attached hydrogens (tertiary/aromatic N) is 1. The monoisotopic (exact) mass is 376 g/mol. The summed E-state index contributed by atoms with van der Waals surface area (Å²) in [5.41, 5.74) is 1.27. The highest BCUT2D eigenvalue weighted by atomic mass is 16.5. The molecule has 1 aliphatic heterocycles. The van der Waals surface area contributed by atoms with E-state index in [-0.39, 0.29) is 12.1 Å². The summed E-state index contributed by atoms with van der Waals surface area (Å²) in [7, 11) is 5.21. The third-order valence-electron chi connectivity index (χ3n) is 5.70. The molecule has 2 aliphatic rings. The highest BCUT2D eigenvalue weighted by Gasteiger charge is 2.33. The lowest BCUT2D eigenvalue weighted by Gasteiger charge is -2.27. The van der Waals surface area contributed by atoms with Crippen LogP contribution in [0.3, 0.4) is 0 Å². The van der Waals surface area contributed by atoms with E-state index in [1.54, 1.807) is 14.2 Å². The van der Waals surface area contributed by atoms with Crippen LogP contribution in [-0.4, -0.2) is 58.0 Å².